The minimum atomic E-state index is -1.62. The maximum Gasteiger partial charge on any atom is 0.306 e. The molecule has 11 nitrogen and oxygen atoms in total. The fraction of sp³-hybridized carbons (Fsp3) is 0.829. The van der Waals surface area contributed by atoms with Crippen LogP contribution in [0.5, 0.6) is 0 Å². The lowest BCUT2D eigenvalue weighted by atomic mass is 9.99. The van der Waals surface area contributed by atoms with Gasteiger partial charge in [-0.1, -0.05) is 274 Å². The number of unbranched alkanes of at least 4 members (excludes halogenated alkanes) is 36. The van der Waals surface area contributed by atoms with Crippen molar-refractivity contribution in [2.45, 2.75) is 359 Å². The first-order valence-corrected chi connectivity index (χ1v) is 34.1. The van der Waals surface area contributed by atoms with Crippen molar-refractivity contribution in [1.29, 1.82) is 0 Å². The molecule has 0 aliphatic carbocycles. The van der Waals surface area contributed by atoms with Gasteiger partial charge in [-0.15, -0.1) is 0 Å². The molecule has 0 saturated carbocycles. The van der Waals surface area contributed by atoms with Crippen LogP contribution in [0.3, 0.4) is 0 Å². The molecule has 1 heterocycles. The van der Waals surface area contributed by atoms with E-state index in [4.69, 9.17) is 14.2 Å². The van der Waals surface area contributed by atoms with E-state index in [2.05, 4.69) is 74.7 Å². The van der Waals surface area contributed by atoms with E-state index in [1.807, 2.05) is 6.08 Å². The molecule has 1 aliphatic heterocycles. The summed E-state index contributed by atoms with van der Waals surface area (Å²) in [5.74, 6) is -1.20. The molecule has 0 aromatic rings. The monoisotopic (exact) mass is 1140 g/mol. The van der Waals surface area contributed by atoms with Gasteiger partial charge in [-0.3, -0.25) is 9.59 Å². The Hall–Kier alpha value is -2.64. The van der Waals surface area contributed by atoms with Gasteiger partial charge in [-0.25, -0.2) is 0 Å². The van der Waals surface area contributed by atoms with E-state index in [-0.39, 0.29) is 13.0 Å². The molecule has 0 spiro atoms. The molecular weight excluding hydrogens is 1010 g/mol. The summed E-state index contributed by atoms with van der Waals surface area (Å²) >= 11 is 0. The number of allylic oxidation sites excluding steroid dienone is 9. The summed E-state index contributed by atoms with van der Waals surface area (Å²) < 4.78 is 17.6. The normalized spacial score (nSPS) is 19.0. The molecule has 1 rings (SSSR count). The number of hydrogen-bond acceptors (Lipinski definition) is 10. The Bertz CT molecular complexity index is 1550. The van der Waals surface area contributed by atoms with Crippen molar-refractivity contribution in [3.63, 3.8) is 0 Å². The average molecular weight is 1140 g/mol. The molecule has 1 saturated heterocycles. The zero-order chi connectivity index (χ0) is 58.9. The van der Waals surface area contributed by atoms with Crippen molar-refractivity contribution >= 4 is 11.9 Å². The van der Waals surface area contributed by atoms with Crippen LogP contribution in [0.1, 0.15) is 310 Å². The van der Waals surface area contributed by atoms with Gasteiger partial charge >= 0.3 is 5.97 Å². The van der Waals surface area contributed by atoms with Crippen LogP contribution < -0.4 is 5.32 Å². The highest BCUT2D eigenvalue weighted by Crippen LogP contribution is 2.26. The third-order valence-electron chi connectivity index (χ3n) is 15.9. The van der Waals surface area contributed by atoms with Crippen LogP contribution in [0, 0.1) is 0 Å². The fourth-order valence-electron chi connectivity index (χ4n) is 10.5. The molecule has 0 bridgehead atoms. The van der Waals surface area contributed by atoms with Gasteiger partial charge in [0.25, 0.3) is 0 Å². The van der Waals surface area contributed by atoms with Gasteiger partial charge in [0.15, 0.2) is 12.4 Å². The second kappa shape index (κ2) is 57.8. The maximum atomic E-state index is 13.5. The second-order valence-corrected chi connectivity index (χ2v) is 23.6. The van der Waals surface area contributed by atoms with Crippen LogP contribution in [-0.2, 0) is 23.8 Å². The molecule has 0 radical (unpaired) electrons. The molecule has 6 N–H and O–H groups in total. The Balaban J connectivity index is 2.58. The number of aliphatic hydroxyl groups is 5. The minimum Gasteiger partial charge on any atom is -0.454 e. The third-order valence-corrected chi connectivity index (χ3v) is 15.9. The lowest BCUT2D eigenvalue weighted by Gasteiger charge is -2.41. The quantitative estimate of drug-likeness (QED) is 0.0195. The number of aliphatic hydroxyl groups excluding tert-OH is 5. The van der Waals surface area contributed by atoms with Gasteiger partial charge in [0.1, 0.15) is 24.4 Å². The molecule has 1 fully saturated rings. The van der Waals surface area contributed by atoms with Crippen molar-refractivity contribution in [1.82, 2.24) is 5.32 Å². The van der Waals surface area contributed by atoms with Crippen molar-refractivity contribution in [2.75, 3.05) is 13.2 Å². The largest absolute Gasteiger partial charge is 0.454 e. The fourth-order valence-corrected chi connectivity index (χ4v) is 10.5. The van der Waals surface area contributed by atoms with Gasteiger partial charge < -0.3 is 45.1 Å². The first kappa shape index (κ1) is 76.4. The first-order valence-electron chi connectivity index (χ1n) is 34.1. The van der Waals surface area contributed by atoms with Gasteiger partial charge in [-0.2, -0.15) is 0 Å². The number of carbonyl (C=O) groups is 2. The van der Waals surface area contributed by atoms with Crippen LogP contribution in [0.4, 0.5) is 0 Å². The molecule has 8 atom stereocenters. The molecule has 8 unspecified atom stereocenters. The second-order valence-electron chi connectivity index (χ2n) is 23.6. The molecule has 11 heteroatoms. The number of nitrogens with one attached hydrogen (secondary N) is 1. The third kappa shape index (κ3) is 45.4. The van der Waals surface area contributed by atoms with Gasteiger partial charge in [0.05, 0.1) is 25.4 Å². The molecule has 0 aromatic carbocycles. The van der Waals surface area contributed by atoms with Crippen LogP contribution in [-0.4, -0.2) is 99.6 Å². The zero-order valence-electron chi connectivity index (χ0n) is 52.4. The van der Waals surface area contributed by atoms with E-state index < -0.39 is 67.4 Å². The van der Waals surface area contributed by atoms with E-state index >= 15 is 0 Å². The van der Waals surface area contributed by atoms with Crippen LogP contribution in [0.15, 0.2) is 60.8 Å². The summed E-state index contributed by atoms with van der Waals surface area (Å²) in [6, 6.07) is -1.03. The average Bonchev–Trinajstić information content (AvgIpc) is 3.50. The van der Waals surface area contributed by atoms with Gasteiger partial charge in [0, 0.05) is 6.42 Å². The zero-order valence-corrected chi connectivity index (χ0v) is 52.4. The predicted octanol–water partition coefficient (Wildman–Crippen LogP) is 17.0. The molecule has 0 aromatic heterocycles. The molecular formula is C70H127NO10. The summed E-state index contributed by atoms with van der Waals surface area (Å²) in [5.41, 5.74) is 0. The Morgan fingerprint density at radius 1 is 0.481 bits per heavy atom. The number of hydrogen-bond donors (Lipinski definition) is 6. The van der Waals surface area contributed by atoms with Crippen molar-refractivity contribution in [3.05, 3.63) is 60.8 Å². The van der Waals surface area contributed by atoms with Gasteiger partial charge in [-0.05, 0) is 89.9 Å². The Morgan fingerprint density at radius 3 is 1.28 bits per heavy atom. The summed E-state index contributed by atoms with van der Waals surface area (Å²) in [6.45, 7) is 5.75. The first-order chi connectivity index (χ1) is 39.7. The molecule has 81 heavy (non-hydrogen) atoms. The highest BCUT2D eigenvalue weighted by atomic mass is 16.7. The smallest absolute Gasteiger partial charge is 0.306 e. The summed E-state index contributed by atoms with van der Waals surface area (Å²) in [7, 11) is 0. The summed E-state index contributed by atoms with van der Waals surface area (Å²) in [6.07, 6.45) is 62.6. The van der Waals surface area contributed by atoms with Crippen LogP contribution in [0.25, 0.3) is 0 Å². The number of amides is 1. The van der Waals surface area contributed by atoms with Gasteiger partial charge in [0.2, 0.25) is 5.91 Å². The van der Waals surface area contributed by atoms with Crippen molar-refractivity contribution < 1.29 is 49.3 Å². The Morgan fingerprint density at radius 2 is 0.852 bits per heavy atom. The standard InChI is InChI=1S/C70H127NO10/c1-4-7-10-13-16-19-22-24-26-28-29-30-31-32-33-34-36-37-39-42-45-48-51-54-57-63(74)69(78)71-61(62(73)56-53-50-47-44-41-21-18-15-12-9-6-3)60-79-70-68(67(77)66(76)64(59-72)80-70)81-65(75)58-55-52-49-46-43-40-38-35-27-25-23-20-17-14-11-8-5-2/h16-17,19-20,24-27,53,56,61-64,66-68,70,72-74,76-77H,4-15,18,21-23,28-52,54-55,57-60H2,1-3H3,(H,71,78)/b19-16-,20-17-,26-24-,27-25-,56-53+. The molecule has 1 aliphatic rings. The highest BCUT2D eigenvalue weighted by Gasteiger charge is 2.47. The van der Waals surface area contributed by atoms with E-state index in [0.29, 0.717) is 19.3 Å². The topological polar surface area (TPSA) is 175 Å². The summed E-state index contributed by atoms with van der Waals surface area (Å²) in [4.78, 5) is 26.6. The van der Waals surface area contributed by atoms with Crippen molar-refractivity contribution in [2.24, 2.45) is 0 Å². The Labute approximate surface area is 497 Å². The molecule has 1 amide bonds. The minimum absolute atomic E-state index is 0.115. The number of esters is 1. The van der Waals surface area contributed by atoms with Crippen LogP contribution in [0.2, 0.25) is 0 Å². The summed E-state index contributed by atoms with van der Waals surface area (Å²) in [5, 5.41) is 57.1. The number of carbonyl (C=O) groups excluding carboxylic acids is 2. The lowest BCUT2D eigenvalue weighted by Crippen LogP contribution is -2.61. The maximum absolute atomic E-state index is 13.5. The van der Waals surface area contributed by atoms with E-state index in [0.717, 1.165) is 83.5 Å². The van der Waals surface area contributed by atoms with E-state index in [1.54, 1.807) is 6.08 Å². The lowest BCUT2D eigenvalue weighted by molar-refractivity contribution is -0.305. The SMILES string of the molecule is CCCCC/C=C\C/C=C\CCCCCCCCCCCCCCCCC(O)C(=O)NC(COC1OC(CO)C(O)C(O)C1OC(=O)CCCCCCCCC/C=C\C/C=C\CCCCC)C(O)/C=C/CCCCCCCCCCC. The van der Waals surface area contributed by atoms with E-state index in [9.17, 15) is 35.1 Å². The van der Waals surface area contributed by atoms with Crippen molar-refractivity contribution in [3.8, 4) is 0 Å². The number of ether oxygens (including phenoxy) is 3. The van der Waals surface area contributed by atoms with Crippen LogP contribution >= 0.6 is 0 Å². The Kier molecular flexibility index (Phi) is 54.5. The highest BCUT2D eigenvalue weighted by molar-refractivity contribution is 5.80. The number of rotatable bonds is 58. The predicted molar refractivity (Wildman–Crippen MR) is 338 cm³/mol. The van der Waals surface area contributed by atoms with E-state index in [1.165, 1.54) is 180 Å². The molecule has 472 valence electrons.